The maximum Gasteiger partial charge on any atom is 0.227 e. The van der Waals surface area contributed by atoms with Gasteiger partial charge in [-0.2, -0.15) is 0 Å². The molecule has 0 radical (unpaired) electrons. The largest absolute Gasteiger partial charge is 0.495 e. The van der Waals surface area contributed by atoms with Crippen molar-refractivity contribution in [2.24, 2.45) is 5.92 Å². The molecule has 25 heavy (non-hydrogen) atoms. The molecule has 1 unspecified atom stereocenters. The third-order valence-corrected chi connectivity index (χ3v) is 4.47. The summed E-state index contributed by atoms with van der Waals surface area (Å²) in [7, 11) is 1.53. The van der Waals surface area contributed by atoms with E-state index in [1.165, 1.54) is 7.11 Å². The first-order valence-electron chi connectivity index (χ1n) is 7.96. The third kappa shape index (κ3) is 3.93. The summed E-state index contributed by atoms with van der Waals surface area (Å²) in [6.07, 6.45) is 5.41. The first-order chi connectivity index (χ1) is 12.1. The van der Waals surface area contributed by atoms with Gasteiger partial charge in [-0.05, 0) is 18.2 Å². The monoisotopic (exact) mass is 362 g/mol. The van der Waals surface area contributed by atoms with Crippen LogP contribution >= 0.6 is 11.6 Å². The summed E-state index contributed by atoms with van der Waals surface area (Å²) in [6, 6.07) is 5.16. The Balaban J connectivity index is 1.58. The fraction of sp³-hybridized carbons (Fsp3) is 0.353. The zero-order valence-corrected chi connectivity index (χ0v) is 14.6. The van der Waals surface area contributed by atoms with Crippen LogP contribution in [-0.4, -0.2) is 41.6 Å². The van der Waals surface area contributed by atoms with Crippen LogP contribution in [0.1, 0.15) is 6.42 Å². The van der Waals surface area contributed by atoms with Gasteiger partial charge < -0.3 is 19.5 Å². The van der Waals surface area contributed by atoms with Crippen LogP contribution in [0.4, 0.5) is 5.69 Å². The lowest BCUT2D eigenvalue weighted by Gasteiger charge is -2.18. The summed E-state index contributed by atoms with van der Waals surface area (Å²) >= 11 is 6.12. The number of rotatable bonds is 6. The number of ether oxygens (including phenoxy) is 1. The fourth-order valence-corrected chi connectivity index (χ4v) is 3.08. The Kier molecular flexibility index (Phi) is 5.23. The number of aromatic nitrogens is 2. The molecule has 2 amide bonds. The van der Waals surface area contributed by atoms with E-state index in [0.717, 1.165) is 0 Å². The zero-order valence-electron chi connectivity index (χ0n) is 13.8. The third-order valence-electron chi connectivity index (χ3n) is 4.17. The highest BCUT2D eigenvalue weighted by molar-refractivity contribution is 6.32. The van der Waals surface area contributed by atoms with Crippen molar-refractivity contribution < 1.29 is 14.3 Å². The Morgan fingerprint density at radius 1 is 1.48 bits per heavy atom. The number of carbonyl (C=O) groups excluding carboxylic acids is 2. The van der Waals surface area contributed by atoms with Crippen molar-refractivity contribution in [2.45, 2.75) is 13.0 Å². The number of methoxy groups -OCH3 is 1. The van der Waals surface area contributed by atoms with Gasteiger partial charge in [0.2, 0.25) is 11.8 Å². The van der Waals surface area contributed by atoms with Crippen LogP contribution in [-0.2, 0) is 16.1 Å². The van der Waals surface area contributed by atoms with Gasteiger partial charge in [-0.15, -0.1) is 0 Å². The molecule has 1 aliphatic rings. The minimum atomic E-state index is -0.365. The van der Waals surface area contributed by atoms with Crippen LogP contribution < -0.4 is 15.0 Å². The number of anilines is 1. The lowest BCUT2D eigenvalue weighted by atomic mass is 10.1. The van der Waals surface area contributed by atoms with Gasteiger partial charge in [-0.25, -0.2) is 4.98 Å². The molecule has 7 nitrogen and oxygen atoms in total. The number of amides is 2. The molecular weight excluding hydrogens is 344 g/mol. The van der Waals surface area contributed by atoms with Gasteiger partial charge in [-0.1, -0.05) is 11.6 Å². The van der Waals surface area contributed by atoms with Crippen molar-refractivity contribution in [3.05, 3.63) is 41.9 Å². The van der Waals surface area contributed by atoms with Crippen LogP contribution in [0, 0.1) is 5.92 Å². The van der Waals surface area contributed by atoms with Crippen molar-refractivity contribution in [1.29, 1.82) is 0 Å². The van der Waals surface area contributed by atoms with Gasteiger partial charge in [0.05, 0.1) is 24.4 Å². The van der Waals surface area contributed by atoms with Crippen molar-refractivity contribution in [3.63, 3.8) is 0 Å². The van der Waals surface area contributed by atoms with E-state index in [1.54, 1.807) is 35.6 Å². The number of hydrogen-bond donors (Lipinski definition) is 1. The first-order valence-corrected chi connectivity index (χ1v) is 8.33. The highest BCUT2D eigenvalue weighted by Gasteiger charge is 2.35. The smallest absolute Gasteiger partial charge is 0.227 e. The number of nitrogens with one attached hydrogen (secondary N) is 1. The van der Waals surface area contributed by atoms with Gasteiger partial charge in [0.1, 0.15) is 5.75 Å². The number of hydrogen-bond acceptors (Lipinski definition) is 4. The highest BCUT2D eigenvalue weighted by Crippen LogP contribution is 2.32. The number of halogens is 1. The minimum Gasteiger partial charge on any atom is -0.495 e. The summed E-state index contributed by atoms with van der Waals surface area (Å²) < 4.78 is 7.00. The van der Waals surface area contributed by atoms with E-state index in [9.17, 15) is 9.59 Å². The molecule has 1 aliphatic heterocycles. The Labute approximate surface area is 150 Å². The molecule has 132 valence electrons. The SMILES string of the molecule is COc1ccc(N2CC(C(=O)NCCn3ccnc3)CC2=O)cc1Cl. The average Bonchev–Trinajstić information content (AvgIpc) is 3.24. The Morgan fingerprint density at radius 3 is 3.00 bits per heavy atom. The van der Waals surface area contributed by atoms with Crippen LogP contribution in [0.2, 0.25) is 5.02 Å². The first kappa shape index (κ1) is 17.3. The summed E-state index contributed by atoms with van der Waals surface area (Å²) in [5.74, 6) is -0.0198. The molecule has 1 atom stereocenters. The summed E-state index contributed by atoms with van der Waals surface area (Å²) in [5, 5.41) is 3.30. The Bertz CT molecular complexity index is 763. The molecule has 1 N–H and O–H groups in total. The molecular formula is C17H19ClN4O3. The number of nitrogens with zero attached hydrogens (tertiary/aromatic N) is 3. The van der Waals surface area contributed by atoms with E-state index in [1.807, 2.05) is 10.8 Å². The lowest BCUT2D eigenvalue weighted by Crippen LogP contribution is -2.34. The molecule has 1 fully saturated rings. The van der Waals surface area contributed by atoms with Crippen molar-refractivity contribution in [1.82, 2.24) is 14.9 Å². The molecule has 2 heterocycles. The summed E-state index contributed by atoms with van der Waals surface area (Å²) in [6.45, 7) is 1.48. The van der Waals surface area contributed by atoms with Crippen molar-refractivity contribution >= 4 is 29.1 Å². The molecule has 0 saturated carbocycles. The molecule has 1 aromatic heterocycles. The molecule has 2 aromatic rings. The summed E-state index contributed by atoms with van der Waals surface area (Å²) in [5.41, 5.74) is 0.671. The van der Waals surface area contributed by atoms with E-state index in [-0.39, 0.29) is 24.2 Å². The van der Waals surface area contributed by atoms with E-state index < -0.39 is 0 Å². The predicted octanol–water partition coefficient (Wildman–Crippen LogP) is 1.71. The second-order valence-electron chi connectivity index (χ2n) is 5.82. The van der Waals surface area contributed by atoms with Gasteiger partial charge >= 0.3 is 0 Å². The van der Waals surface area contributed by atoms with Gasteiger partial charge in [-0.3, -0.25) is 9.59 Å². The van der Waals surface area contributed by atoms with Crippen LogP contribution in [0.25, 0.3) is 0 Å². The van der Waals surface area contributed by atoms with E-state index in [0.29, 0.717) is 36.1 Å². The predicted molar refractivity (Wildman–Crippen MR) is 93.7 cm³/mol. The van der Waals surface area contributed by atoms with Crippen LogP contribution in [0.15, 0.2) is 36.9 Å². The fourth-order valence-electron chi connectivity index (χ4n) is 2.83. The second-order valence-corrected chi connectivity index (χ2v) is 6.22. The Morgan fingerprint density at radius 2 is 2.32 bits per heavy atom. The van der Waals surface area contributed by atoms with Crippen LogP contribution in [0.5, 0.6) is 5.75 Å². The topological polar surface area (TPSA) is 76.5 Å². The van der Waals surface area contributed by atoms with Gasteiger partial charge in [0.15, 0.2) is 0 Å². The standard InChI is InChI=1S/C17H19ClN4O3/c1-25-15-3-2-13(9-14(15)18)22-10-12(8-16(22)23)17(24)20-5-7-21-6-4-19-11-21/h2-4,6,9,11-12H,5,7-8,10H2,1H3,(H,20,24). The molecule has 3 rings (SSSR count). The maximum atomic E-state index is 12.3. The molecule has 0 aliphatic carbocycles. The van der Waals surface area contributed by atoms with Crippen molar-refractivity contribution in [2.75, 3.05) is 25.1 Å². The number of imidazole rings is 1. The number of benzene rings is 1. The van der Waals surface area contributed by atoms with Gasteiger partial charge in [0, 0.05) is 44.1 Å². The minimum absolute atomic E-state index is 0.0870. The number of carbonyl (C=O) groups is 2. The molecule has 1 aromatic carbocycles. The molecule has 0 bridgehead atoms. The van der Waals surface area contributed by atoms with E-state index >= 15 is 0 Å². The molecule has 8 heteroatoms. The average molecular weight is 363 g/mol. The highest BCUT2D eigenvalue weighted by atomic mass is 35.5. The van der Waals surface area contributed by atoms with Gasteiger partial charge in [0.25, 0.3) is 0 Å². The molecule has 1 saturated heterocycles. The zero-order chi connectivity index (χ0) is 17.8. The van der Waals surface area contributed by atoms with Crippen molar-refractivity contribution in [3.8, 4) is 5.75 Å². The lowest BCUT2D eigenvalue weighted by molar-refractivity contribution is -0.126. The molecule has 0 spiro atoms. The second kappa shape index (κ2) is 7.57. The van der Waals surface area contributed by atoms with E-state index in [2.05, 4.69) is 10.3 Å². The summed E-state index contributed by atoms with van der Waals surface area (Å²) in [4.78, 5) is 30.1. The normalized spacial score (nSPS) is 17.0. The van der Waals surface area contributed by atoms with E-state index in [4.69, 9.17) is 16.3 Å². The maximum absolute atomic E-state index is 12.3. The van der Waals surface area contributed by atoms with Crippen LogP contribution in [0.3, 0.4) is 0 Å². The Hall–Kier alpha value is -2.54. The quantitative estimate of drug-likeness (QED) is 0.848.